The van der Waals surface area contributed by atoms with Gasteiger partial charge in [-0.15, -0.1) is 0 Å². The van der Waals surface area contributed by atoms with Crippen LogP contribution < -0.4 is 5.32 Å². The minimum Gasteiger partial charge on any atom is -0.481 e. The van der Waals surface area contributed by atoms with Crippen LogP contribution in [0.5, 0.6) is 0 Å². The summed E-state index contributed by atoms with van der Waals surface area (Å²) in [5.74, 6) is -0.790. The van der Waals surface area contributed by atoms with Crippen molar-refractivity contribution in [2.24, 2.45) is 0 Å². The Balaban J connectivity index is 2.32. The summed E-state index contributed by atoms with van der Waals surface area (Å²) in [6, 6.07) is 7.69. The lowest BCUT2D eigenvalue weighted by molar-refractivity contribution is -0.136. The van der Waals surface area contributed by atoms with Gasteiger partial charge in [0.1, 0.15) is 0 Å². The van der Waals surface area contributed by atoms with Gasteiger partial charge in [0.2, 0.25) is 0 Å². The Labute approximate surface area is 102 Å². The molecule has 0 aliphatic carbocycles. The first-order valence-corrected chi connectivity index (χ1v) is 5.84. The highest BCUT2D eigenvalue weighted by molar-refractivity contribution is 5.70. The lowest BCUT2D eigenvalue weighted by atomic mass is 10.1. The Bertz CT molecular complexity index is 368. The number of allylic oxidation sites excluding steroid dienone is 1. The summed E-state index contributed by atoms with van der Waals surface area (Å²) in [6.45, 7) is 3.80. The van der Waals surface area contributed by atoms with Crippen LogP contribution in [0.4, 0.5) is 0 Å². The summed E-state index contributed by atoms with van der Waals surface area (Å²) in [6.07, 6.45) is 5.30. The summed E-state index contributed by atoms with van der Waals surface area (Å²) in [5, 5.41) is 12.0. The molecular weight excluding hydrogens is 214 g/mol. The van der Waals surface area contributed by atoms with Crippen LogP contribution in [-0.2, 0) is 17.8 Å². The fourth-order valence-corrected chi connectivity index (χ4v) is 1.53. The number of nitrogens with one attached hydrogen (secondary N) is 1. The molecule has 92 valence electrons. The molecule has 3 heteroatoms. The number of hydrogen-bond donors (Lipinski definition) is 2. The lowest BCUT2D eigenvalue weighted by Gasteiger charge is -2.04. The van der Waals surface area contributed by atoms with Crippen molar-refractivity contribution < 1.29 is 9.90 Å². The number of carbonyl (C=O) groups is 1. The first kappa shape index (κ1) is 13.5. The Kier molecular flexibility index (Phi) is 6.04. The molecule has 2 N–H and O–H groups in total. The monoisotopic (exact) mass is 233 g/mol. The number of rotatable bonds is 7. The van der Waals surface area contributed by atoms with Gasteiger partial charge < -0.3 is 10.4 Å². The molecule has 0 aliphatic rings. The zero-order valence-electron chi connectivity index (χ0n) is 10.1. The van der Waals surface area contributed by atoms with Crippen molar-refractivity contribution >= 4 is 5.97 Å². The molecular formula is C14H19NO2. The Morgan fingerprint density at radius 1 is 1.29 bits per heavy atom. The highest BCUT2D eigenvalue weighted by Gasteiger charge is 1.99. The molecule has 0 spiro atoms. The van der Waals surface area contributed by atoms with Crippen molar-refractivity contribution in [3.8, 4) is 0 Å². The molecule has 0 amide bonds. The molecule has 1 aromatic carbocycles. The second kappa shape index (κ2) is 7.63. The molecule has 0 bridgehead atoms. The van der Waals surface area contributed by atoms with Crippen molar-refractivity contribution in [3.63, 3.8) is 0 Å². The van der Waals surface area contributed by atoms with Crippen molar-refractivity contribution in [1.82, 2.24) is 5.32 Å². The third-order valence-electron chi connectivity index (χ3n) is 2.43. The van der Waals surface area contributed by atoms with Gasteiger partial charge in [-0.3, -0.25) is 4.79 Å². The predicted octanol–water partition coefficient (Wildman–Crippen LogP) is 2.37. The van der Waals surface area contributed by atoms with Crippen LogP contribution in [0.3, 0.4) is 0 Å². The van der Waals surface area contributed by atoms with Crippen LogP contribution in [0.1, 0.15) is 24.5 Å². The molecule has 17 heavy (non-hydrogen) atoms. The van der Waals surface area contributed by atoms with E-state index in [4.69, 9.17) is 5.11 Å². The number of benzene rings is 1. The van der Waals surface area contributed by atoms with Crippen LogP contribution in [0.15, 0.2) is 36.4 Å². The van der Waals surface area contributed by atoms with E-state index >= 15 is 0 Å². The zero-order chi connectivity index (χ0) is 12.5. The topological polar surface area (TPSA) is 49.3 Å². The van der Waals surface area contributed by atoms with E-state index in [1.807, 2.05) is 37.3 Å². The number of carboxylic acid groups (broad SMARTS) is 1. The van der Waals surface area contributed by atoms with Crippen molar-refractivity contribution in [1.29, 1.82) is 0 Å². The lowest BCUT2D eigenvalue weighted by Crippen LogP contribution is -2.14. The maximum absolute atomic E-state index is 10.5. The number of aliphatic carboxylic acids is 1. The third-order valence-corrected chi connectivity index (χ3v) is 2.43. The SMILES string of the molecule is C/C=C/CCNCc1ccc(CC(=O)O)cc1. The standard InChI is InChI=1S/C14H19NO2/c1-2-3-4-9-15-11-13-7-5-12(6-8-13)10-14(16)17/h2-3,5-8,15H,4,9-11H2,1H3,(H,16,17)/b3-2+. The van der Waals surface area contributed by atoms with E-state index in [2.05, 4.69) is 11.4 Å². The van der Waals surface area contributed by atoms with Gasteiger partial charge >= 0.3 is 5.97 Å². The first-order valence-electron chi connectivity index (χ1n) is 5.84. The molecule has 0 aromatic heterocycles. The summed E-state index contributed by atoms with van der Waals surface area (Å²) < 4.78 is 0. The van der Waals surface area contributed by atoms with Crippen LogP contribution in [0.25, 0.3) is 0 Å². The van der Waals surface area contributed by atoms with Crippen molar-refractivity contribution in [2.45, 2.75) is 26.3 Å². The van der Waals surface area contributed by atoms with Gasteiger partial charge in [0.05, 0.1) is 6.42 Å². The molecule has 0 fully saturated rings. The second-order valence-corrected chi connectivity index (χ2v) is 3.92. The fourth-order valence-electron chi connectivity index (χ4n) is 1.53. The number of hydrogen-bond acceptors (Lipinski definition) is 2. The molecule has 0 saturated carbocycles. The quantitative estimate of drug-likeness (QED) is 0.561. The van der Waals surface area contributed by atoms with Crippen molar-refractivity contribution in [3.05, 3.63) is 47.5 Å². The van der Waals surface area contributed by atoms with Crippen LogP contribution in [0, 0.1) is 0 Å². The predicted molar refractivity (Wildman–Crippen MR) is 68.9 cm³/mol. The molecule has 0 unspecified atom stereocenters. The maximum atomic E-state index is 10.5. The molecule has 0 saturated heterocycles. The van der Waals surface area contributed by atoms with E-state index in [9.17, 15) is 4.79 Å². The maximum Gasteiger partial charge on any atom is 0.307 e. The first-order chi connectivity index (χ1) is 8.22. The Morgan fingerprint density at radius 2 is 1.94 bits per heavy atom. The fraction of sp³-hybridized carbons (Fsp3) is 0.357. The van der Waals surface area contributed by atoms with Gasteiger partial charge in [-0.2, -0.15) is 0 Å². The van der Waals surface area contributed by atoms with Crippen LogP contribution in [-0.4, -0.2) is 17.6 Å². The smallest absolute Gasteiger partial charge is 0.307 e. The normalized spacial score (nSPS) is 10.9. The summed E-state index contributed by atoms with van der Waals surface area (Å²) in [5.41, 5.74) is 2.02. The molecule has 0 radical (unpaired) electrons. The van der Waals surface area contributed by atoms with E-state index in [0.29, 0.717) is 0 Å². The largest absolute Gasteiger partial charge is 0.481 e. The molecule has 1 rings (SSSR count). The molecule has 0 heterocycles. The van der Waals surface area contributed by atoms with Crippen molar-refractivity contribution in [2.75, 3.05) is 6.54 Å². The van der Waals surface area contributed by atoms with E-state index in [1.54, 1.807) is 0 Å². The third kappa shape index (κ3) is 5.88. The van der Waals surface area contributed by atoms with E-state index in [1.165, 1.54) is 5.56 Å². The van der Waals surface area contributed by atoms with E-state index in [0.717, 1.165) is 25.1 Å². The van der Waals surface area contributed by atoms with Gasteiger partial charge in [-0.25, -0.2) is 0 Å². The summed E-state index contributed by atoms with van der Waals surface area (Å²) in [7, 11) is 0. The molecule has 1 aromatic rings. The highest BCUT2D eigenvalue weighted by atomic mass is 16.4. The molecule has 0 atom stereocenters. The van der Waals surface area contributed by atoms with Gasteiger partial charge in [0.25, 0.3) is 0 Å². The minimum atomic E-state index is -0.790. The molecule has 0 aliphatic heterocycles. The minimum absolute atomic E-state index is 0.0923. The van der Waals surface area contributed by atoms with Gasteiger partial charge in [0.15, 0.2) is 0 Å². The number of carboxylic acids is 1. The van der Waals surface area contributed by atoms with Crippen LogP contribution in [0.2, 0.25) is 0 Å². The van der Waals surface area contributed by atoms with E-state index < -0.39 is 5.97 Å². The summed E-state index contributed by atoms with van der Waals surface area (Å²) in [4.78, 5) is 10.5. The van der Waals surface area contributed by atoms with Gasteiger partial charge in [-0.05, 0) is 31.0 Å². The Morgan fingerprint density at radius 3 is 2.53 bits per heavy atom. The van der Waals surface area contributed by atoms with Gasteiger partial charge in [-0.1, -0.05) is 36.4 Å². The Hall–Kier alpha value is -1.61. The highest BCUT2D eigenvalue weighted by Crippen LogP contribution is 2.05. The zero-order valence-corrected chi connectivity index (χ0v) is 10.1. The van der Waals surface area contributed by atoms with Crippen LogP contribution >= 0.6 is 0 Å². The average Bonchev–Trinajstić information content (AvgIpc) is 2.30. The summed E-state index contributed by atoms with van der Waals surface area (Å²) >= 11 is 0. The molecule has 3 nitrogen and oxygen atoms in total. The van der Waals surface area contributed by atoms with Gasteiger partial charge in [0, 0.05) is 6.54 Å². The second-order valence-electron chi connectivity index (χ2n) is 3.92. The average molecular weight is 233 g/mol. The van der Waals surface area contributed by atoms with E-state index in [-0.39, 0.29) is 6.42 Å².